The Labute approximate surface area is 72.9 Å². The van der Waals surface area contributed by atoms with Crippen LogP contribution >= 0.6 is 0 Å². The van der Waals surface area contributed by atoms with Gasteiger partial charge in [0.25, 0.3) is 0 Å². The molecule has 0 aromatic carbocycles. The van der Waals surface area contributed by atoms with Gasteiger partial charge in [-0.25, -0.2) is 9.59 Å². The van der Waals surface area contributed by atoms with Crippen molar-refractivity contribution in [1.29, 1.82) is 0 Å². The van der Waals surface area contributed by atoms with Crippen molar-refractivity contribution in [2.45, 2.75) is 24.7 Å². The summed E-state index contributed by atoms with van der Waals surface area (Å²) < 4.78 is 0. The molecule has 0 radical (unpaired) electrons. The molecule has 76 valence electrons. The van der Waals surface area contributed by atoms with Gasteiger partial charge < -0.3 is 25.5 Å². The van der Waals surface area contributed by atoms with Crippen molar-refractivity contribution < 1.29 is 35.1 Å². The topological polar surface area (TPSA) is 135 Å². The molecule has 0 aromatic rings. The summed E-state index contributed by atoms with van der Waals surface area (Å²) in [5.74, 6) is -3.26. The Morgan fingerprint density at radius 2 is 1.46 bits per heavy atom. The third-order valence-corrected chi connectivity index (χ3v) is 1.37. The van der Waals surface area contributed by atoms with Crippen LogP contribution in [-0.4, -0.2) is 55.8 Å². The molecule has 0 aliphatic rings. The molecule has 0 heterocycles. The van der Waals surface area contributed by atoms with Crippen LogP contribution in [-0.2, 0) is 9.59 Å². The number of aliphatic hydroxyl groups excluding tert-OH is 3. The van der Waals surface area contributed by atoms with Gasteiger partial charge in [-0.3, -0.25) is 0 Å². The number of hydrogen-bond acceptors (Lipinski definition) is 5. The second-order valence-electron chi connectivity index (χ2n) is 2.44. The number of carbonyl (C=O) groups is 2. The van der Waals surface area contributed by atoms with Gasteiger partial charge in [0.15, 0.2) is 12.2 Å². The monoisotopic (exact) mass is 194 g/mol. The minimum Gasteiger partial charge on any atom is -0.479 e. The highest BCUT2D eigenvalue weighted by Crippen LogP contribution is 2.03. The van der Waals surface area contributed by atoms with Crippen LogP contribution in [0, 0.1) is 0 Å². The van der Waals surface area contributed by atoms with E-state index in [1.54, 1.807) is 0 Å². The second kappa shape index (κ2) is 4.75. The molecule has 0 amide bonds. The van der Waals surface area contributed by atoms with E-state index in [1.165, 1.54) is 0 Å². The standard InChI is InChI=1S/C6H10O7/c7-2(4(9)6(12)13)1-3(8)5(10)11/h2-4,7-9H,1H2,(H,10,11)(H,12,13)/t2-,3-,4+/m0/s1. The molecule has 0 saturated carbocycles. The van der Waals surface area contributed by atoms with E-state index in [-0.39, 0.29) is 0 Å². The van der Waals surface area contributed by atoms with Gasteiger partial charge in [0.1, 0.15) is 0 Å². The molecule has 0 aromatic heterocycles. The summed E-state index contributed by atoms with van der Waals surface area (Å²) in [5.41, 5.74) is 0. The first-order chi connectivity index (χ1) is 5.86. The van der Waals surface area contributed by atoms with E-state index >= 15 is 0 Å². The molecule has 0 rings (SSSR count). The van der Waals surface area contributed by atoms with Crippen LogP contribution in [0.5, 0.6) is 0 Å². The zero-order valence-electron chi connectivity index (χ0n) is 6.49. The molecule has 7 heteroatoms. The summed E-state index contributed by atoms with van der Waals surface area (Å²) in [6, 6.07) is 0. The maximum absolute atomic E-state index is 10.1. The first kappa shape index (κ1) is 11.8. The van der Waals surface area contributed by atoms with Crippen molar-refractivity contribution in [3.05, 3.63) is 0 Å². The van der Waals surface area contributed by atoms with E-state index in [1.807, 2.05) is 0 Å². The van der Waals surface area contributed by atoms with E-state index in [9.17, 15) is 9.59 Å². The fraction of sp³-hybridized carbons (Fsp3) is 0.667. The van der Waals surface area contributed by atoms with Gasteiger partial charge in [-0.05, 0) is 0 Å². The molecule has 7 nitrogen and oxygen atoms in total. The fourth-order valence-corrected chi connectivity index (χ4v) is 0.623. The fourth-order valence-electron chi connectivity index (χ4n) is 0.623. The molecular formula is C6H10O7. The summed E-state index contributed by atoms with van der Waals surface area (Å²) in [4.78, 5) is 20.1. The second-order valence-corrected chi connectivity index (χ2v) is 2.44. The third kappa shape index (κ3) is 3.83. The van der Waals surface area contributed by atoms with Crippen molar-refractivity contribution in [2.24, 2.45) is 0 Å². The first-order valence-corrected chi connectivity index (χ1v) is 3.36. The molecular weight excluding hydrogens is 184 g/mol. The quantitative estimate of drug-likeness (QED) is 0.330. The lowest BCUT2D eigenvalue weighted by atomic mass is 10.1. The van der Waals surface area contributed by atoms with Crippen molar-refractivity contribution in [1.82, 2.24) is 0 Å². The highest BCUT2D eigenvalue weighted by molar-refractivity contribution is 5.74. The molecule has 0 saturated heterocycles. The minimum absolute atomic E-state index is 0.733. The van der Waals surface area contributed by atoms with Gasteiger partial charge in [0.05, 0.1) is 6.10 Å². The molecule has 0 bridgehead atoms. The summed E-state index contributed by atoms with van der Waals surface area (Å²) in [6.07, 6.45) is -6.51. The molecule has 0 aliphatic heterocycles. The van der Waals surface area contributed by atoms with Crippen LogP contribution in [0.2, 0.25) is 0 Å². The van der Waals surface area contributed by atoms with Gasteiger partial charge in [0.2, 0.25) is 0 Å². The predicted molar refractivity (Wildman–Crippen MR) is 37.9 cm³/mol. The van der Waals surface area contributed by atoms with E-state index in [0.717, 1.165) is 0 Å². The largest absolute Gasteiger partial charge is 0.479 e. The lowest BCUT2D eigenvalue weighted by Crippen LogP contribution is -2.38. The molecule has 13 heavy (non-hydrogen) atoms. The Hall–Kier alpha value is -1.18. The molecule has 0 fully saturated rings. The third-order valence-electron chi connectivity index (χ3n) is 1.37. The van der Waals surface area contributed by atoms with Gasteiger partial charge >= 0.3 is 11.9 Å². The number of carboxylic acids is 2. The van der Waals surface area contributed by atoms with Crippen LogP contribution in [0.3, 0.4) is 0 Å². The number of aliphatic hydroxyl groups is 3. The van der Waals surface area contributed by atoms with E-state index < -0.39 is 36.7 Å². The average Bonchev–Trinajstić information content (AvgIpc) is 2.02. The lowest BCUT2D eigenvalue weighted by Gasteiger charge is -2.14. The molecule has 0 unspecified atom stereocenters. The van der Waals surface area contributed by atoms with E-state index in [0.29, 0.717) is 0 Å². The Bertz CT molecular complexity index is 201. The Balaban J connectivity index is 4.06. The van der Waals surface area contributed by atoms with Crippen molar-refractivity contribution >= 4 is 11.9 Å². The van der Waals surface area contributed by atoms with E-state index in [2.05, 4.69) is 0 Å². The summed E-state index contributed by atoms with van der Waals surface area (Å²) >= 11 is 0. The van der Waals surface area contributed by atoms with Crippen LogP contribution < -0.4 is 0 Å². The van der Waals surface area contributed by atoms with Crippen LogP contribution in [0.4, 0.5) is 0 Å². The Morgan fingerprint density at radius 3 is 1.77 bits per heavy atom. The van der Waals surface area contributed by atoms with Gasteiger partial charge in [-0.2, -0.15) is 0 Å². The molecule has 3 atom stereocenters. The number of aliphatic carboxylic acids is 2. The highest BCUT2D eigenvalue weighted by Gasteiger charge is 2.28. The lowest BCUT2D eigenvalue weighted by molar-refractivity contribution is -0.158. The smallest absolute Gasteiger partial charge is 0.335 e. The molecule has 0 aliphatic carbocycles. The maximum atomic E-state index is 10.1. The Morgan fingerprint density at radius 1 is 1.00 bits per heavy atom. The molecule has 5 N–H and O–H groups in total. The number of carboxylic acid groups (broad SMARTS) is 2. The van der Waals surface area contributed by atoms with Gasteiger partial charge in [0, 0.05) is 6.42 Å². The molecule has 0 spiro atoms. The maximum Gasteiger partial charge on any atom is 0.335 e. The average molecular weight is 194 g/mol. The van der Waals surface area contributed by atoms with Crippen molar-refractivity contribution in [2.75, 3.05) is 0 Å². The van der Waals surface area contributed by atoms with E-state index in [4.69, 9.17) is 25.5 Å². The van der Waals surface area contributed by atoms with Crippen LogP contribution in [0.15, 0.2) is 0 Å². The highest BCUT2D eigenvalue weighted by atomic mass is 16.4. The van der Waals surface area contributed by atoms with Crippen LogP contribution in [0.1, 0.15) is 6.42 Å². The van der Waals surface area contributed by atoms with Crippen molar-refractivity contribution in [3.63, 3.8) is 0 Å². The number of hydrogen-bond donors (Lipinski definition) is 5. The normalized spacial score (nSPS) is 17.5. The number of rotatable bonds is 5. The Kier molecular flexibility index (Phi) is 4.32. The van der Waals surface area contributed by atoms with Gasteiger partial charge in [-0.15, -0.1) is 0 Å². The zero-order chi connectivity index (χ0) is 10.6. The van der Waals surface area contributed by atoms with Crippen molar-refractivity contribution in [3.8, 4) is 0 Å². The predicted octanol–water partition coefficient (Wildman–Crippen LogP) is -2.37. The van der Waals surface area contributed by atoms with Crippen LogP contribution in [0.25, 0.3) is 0 Å². The zero-order valence-corrected chi connectivity index (χ0v) is 6.49. The summed E-state index contributed by atoms with van der Waals surface area (Å²) in [7, 11) is 0. The van der Waals surface area contributed by atoms with Gasteiger partial charge in [-0.1, -0.05) is 0 Å². The minimum atomic E-state index is -2.09. The summed E-state index contributed by atoms with van der Waals surface area (Å²) in [6.45, 7) is 0. The SMILES string of the molecule is O=C(O)[C@@H](O)C[C@H](O)[C@@H](O)C(=O)O. The first-order valence-electron chi connectivity index (χ1n) is 3.36. The summed E-state index contributed by atoms with van der Waals surface area (Å²) in [5, 5.41) is 42.5.